The van der Waals surface area contributed by atoms with Gasteiger partial charge in [0.1, 0.15) is 0 Å². The van der Waals surface area contributed by atoms with Gasteiger partial charge in [-0.15, -0.1) is 0 Å². The third kappa shape index (κ3) is 3.27. The van der Waals surface area contributed by atoms with E-state index in [1.165, 1.54) is 64.6 Å². The predicted octanol–water partition coefficient (Wildman–Crippen LogP) is 3.03. The van der Waals surface area contributed by atoms with E-state index in [-0.39, 0.29) is 0 Å². The molecule has 2 nitrogen and oxygen atoms in total. The molecule has 0 radical (unpaired) electrons. The van der Waals surface area contributed by atoms with Crippen molar-refractivity contribution in [1.82, 2.24) is 10.2 Å². The summed E-state index contributed by atoms with van der Waals surface area (Å²) < 4.78 is 0. The lowest BCUT2D eigenvalue weighted by molar-refractivity contribution is 0.137. The Morgan fingerprint density at radius 1 is 1.06 bits per heavy atom. The summed E-state index contributed by atoms with van der Waals surface area (Å²) in [6.07, 6.45) is 10.00. The molecule has 0 spiro atoms. The van der Waals surface area contributed by atoms with Gasteiger partial charge >= 0.3 is 0 Å². The maximum atomic E-state index is 3.78. The molecule has 0 aromatic heterocycles. The molecule has 1 unspecified atom stereocenters. The third-order valence-electron chi connectivity index (χ3n) is 5.38. The van der Waals surface area contributed by atoms with Gasteiger partial charge in [0.15, 0.2) is 0 Å². The molecule has 104 valence electrons. The average Bonchev–Trinajstić information content (AvgIpc) is 3.11. The van der Waals surface area contributed by atoms with Crippen LogP contribution in [0.3, 0.4) is 0 Å². The Morgan fingerprint density at radius 2 is 1.78 bits per heavy atom. The van der Waals surface area contributed by atoms with Crippen LogP contribution in [0.4, 0.5) is 0 Å². The number of hydrogen-bond acceptors (Lipinski definition) is 2. The highest BCUT2D eigenvalue weighted by molar-refractivity contribution is 4.91. The first kappa shape index (κ1) is 12.9. The highest BCUT2D eigenvalue weighted by Crippen LogP contribution is 2.40. The maximum Gasteiger partial charge on any atom is 0.0101 e. The van der Waals surface area contributed by atoms with E-state index in [0.717, 1.165) is 18.0 Å². The first-order chi connectivity index (χ1) is 8.62. The van der Waals surface area contributed by atoms with Crippen LogP contribution >= 0.6 is 0 Å². The van der Waals surface area contributed by atoms with Gasteiger partial charge in [0.05, 0.1) is 0 Å². The van der Waals surface area contributed by atoms with Crippen LogP contribution in [0.15, 0.2) is 0 Å². The SMILES string of the molecule is CC1(C)CCC(N2CCC(NCC3CC3)CC2)C1. The van der Waals surface area contributed by atoms with E-state index < -0.39 is 0 Å². The van der Waals surface area contributed by atoms with Gasteiger partial charge in [0.2, 0.25) is 0 Å². The molecule has 1 atom stereocenters. The van der Waals surface area contributed by atoms with Crippen LogP contribution in [0.5, 0.6) is 0 Å². The summed E-state index contributed by atoms with van der Waals surface area (Å²) in [6.45, 7) is 8.85. The van der Waals surface area contributed by atoms with Crippen molar-refractivity contribution >= 4 is 0 Å². The van der Waals surface area contributed by atoms with Crippen molar-refractivity contribution in [2.75, 3.05) is 19.6 Å². The Bertz CT molecular complexity index is 275. The second-order valence-corrected chi connectivity index (χ2v) is 7.72. The molecule has 2 heteroatoms. The summed E-state index contributed by atoms with van der Waals surface area (Å²) in [5.41, 5.74) is 0.603. The Labute approximate surface area is 113 Å². The van der Waals surface area contributed by atoms with Crippen LogP contribution in [0, 0.1) is 11.3 Å². The Morgan fingerprint density at radius 3 is 2.33 bits per heavy atom. The molecule has 0 amide bonds. The van der Waals surface area contributed by atoms with Crippen molar-refractivity contribution < 1.29 is 0 Å². The number of likely N-dealkylation sites (tertiary alicyclic amines) is 1. The summed E-state index contributed by atoms with van der Waals surface area (Å²) >= 11 is 0. The summed E-state index contributed by atoms with van der Waals surface area (Å²) in [7, 11) is 0. The molecular formula is C16H30N2. The Balaban J connectivity index is 1.39. The van der Waals surface area contributed by atoms with Crippen LogP contribution in [-0.2, 0) is 0 Å². The topological polar surface area (TPSA) is 15.3 Å². The van der Waals surface area contributed by atoms with E-state index in [1.54, 1.807) is 0 Å². The van der Waals surface area contributed by atoms with Gasteiger partial charge in [-0.1, -0.05) is 13.8 Å². The number of piperidine rings is 1. The lowest BCUT2D eigenvalue weighted by atomic mass is 9.91. The van der Waals surface area contributed by atoms with Crippen molar-refractivity contribution in [1.29, 1.82) is 0 Å². The largest absolute Gasteiger partial charge is 0.314 e. The van der Waals surface area contributed by atoms with E-state index >= 15 is 0 Å². The van der Waals surface area contributed by atoms with Gasteiger partial charge in [-0.3, -0.25) is 0 Å². The fourth-order valence-electron chi connectivity index (χ4n) is 3.84. The number of nitrogens with zero attached hydrogens (tertiary/aromatic N) is 1. The summed E-state index contributed by atoms with van der Waals surface area (Å²) in [6, 6.07) is 1.71. The Kier molecular flexibility index (Phi) is 3.68. The van der Waals surface area contributed by atoms with Crippen LogP contribution in [0.1, 0.15) is 58.8 Å². The molecule has 2 saturated carbocycles. The first-order valence-corrected chi connectivity index (χ1v) is 8.10. The molecule has 18 heavy (non-hydrogen) atoms. The van der Waals surface area contributed by atoms with Gasteiger partial charge < -0.3 is 10.2 Å². The van der Waals surface area contributed by atoms with Gasteiger partial charge in [-0.2, -0.15) is 0 Å². The van der Waals surface area contributed by atoms with Crippen LogP contribution in [-0.4, -0.2) is 36.6 Å². The second kappa shape index (κ2) is 5.13. The Hall–Kier alpha value is -0.0800. The van der Waals surface area contributed by atoms with Crippen molar-refractivity contribution in [2.24, 2.45) is 11.3 Å². The van der Waals surface area contributed by atoms with E-state index in [1.807, 2.05) is 0 Å². The van der Waals surface area contributed by atoms with Gasteiger partial charge in [0, 0.05) is 12.1 Å². The van der Waals surface area contributed by atoms with Crippen molar-refractivity contribution in [3.8, 4) is 0 Å². The second-order valence-electron chi connectivity index (χ2n) is 7.72. The fraction of sp³-hybridized carbons (Fsp3) is 1.00. The number of rotatable bonds is 4. The van der Waals surface area contributed by atoms with Gasteiger partial charge in [-0.05, 0) is 75.9 Å². The zero-order valence-corrected chi connectivity index (χ0v) is 12.3. The fourth-order valence-corrected chi connectivity index (χ4v) is 3.84. The standard InChI is InChI=1S/C16H30N2/c1-16(2)8-5-15(11-16)18-9-6-14(7-10-18)17-12-13-3-4-13/h13-15,17H,3-12H2,1-2H3. The van der Waals surface area contributed by atoms with Crippen molar-refractivity contribution in [2.45, 2.75) is 70.9 Å². The molecule has 1 N–H and O–H groups in total. The monoisotopic (exact) mass is 250 g/mol. The maximum absolute atomic E-state index is 3.78. The van der Waals surface area contributed by atoms with E-state index in [4.69, 9.17) is 0 Å². The summed E-state index contributed by atoms with van der Waals surface area (Å²) in [5, 5.41) is 3.78. The molecule has 0 aromatic rings. The minimum atomic E-state index is 0.603. The molecule has 2 aliphatic carbocycles. The van der Waals surface area contributed by atoms with Crippen LogP contribution in [0.25, 0.3) is 0 Å². The number of hydrogen-bond donors (Lipinski definition) is 1. The van der Waals surface area contributed by atoms with E-state index in [2.05, 4.69) is 24.1 Å². The molecule has 0 aromatic carbocycles. The summed E-state index contributed by atoms with van der Waals surface area (Å²) in [4.78, 5) is 2.78. The van der Waals surface area contributed by atoms with E-state index in [0.29, 0.717) is 5.41 Å². The molecule has 1 aliphatic heterocycles. The molecule has 0 bridgehead atoms. The summed E-state index contributed by atoms with van der Waals surface area (Å²) in [5.74, 6) is 1.03. The zero-order chi connectivity index (χ0) is 12.6. The quantitative estimate of drug-likeness (QED) is 0.825. The molecule has 3 aliphatic rings. The smallest absolute Gasteiger partial charge is 0.0101 e. The lowest BCUT2D eigenvalue weighted by Gasteiger charge is -2.37. The average molecular weight is 250 g/mol. The first-order valence-electron chi connectivity index (χ1n) is 8.10. The van der Waals surface area contributed by atoms with Gasteiger partial charge in [-0.25, -0.2) is 0 Å². The van der Waals surface area contributed by atoms with E-state index in [9.17, 15) is 0 Å². The third-order valence-corrected chi connectivity index (χ3v) is 5.38. The van der Waals surface area contributed by atoms with Crippen LogP contribution in [0.2, 0.25) is 0 Å². The molecule has 1 heterocycles. The molecule has 3 fully saturated rings. The lowest BCUT2D eigenvalue weighted by Crippen LogP contribution is -2.46. The highest BCUT2D eigenvalue weighted by atomic mass is 15.2. The van der Waals surface area contributed by atoms with Crippen molar-refractivity contribution in [3.63, 3.8) is 0 Å². The minimum absolute atomic E-state index is 0.603. The van der Waals surface area contributed by atoms with Gasteiger partial charge in [0.25, 0.3) is 0 Å². The number of nitrogens with one attached hydrogen (secondary N) is 1. The normalized spacial score (nSPS) is 34.0. The van der Waals surface area contributed by atoms with Crippen LogP contribution < -0.4 is 5.32 Å². The predicted molar refractivity (Wildman–Crippen MR) is 76.7 cm³/mol. The minimum Gasteiger partial charge on any atom is -0.314 e. The molecular weight excluding hydrogens is 220 g/mol. The highest BCUT2D eigenvalue weighted by Gasteiger charge is 2.35. The molecule has 1 saturated heterocycles. The zero-order valence-electron chi connectivity index (χ0n) is 12.3. The van der Waals surface area contributed by atoms with Crippen molar-refractivity contribution in [3.05, 3.63) is 0 Å². The molecule has 3 rings (SSSR count).